The molecular formula is C15H13BrF2O3. The molecule has 0 bridgehead atoms. The second kappa shape index (κ2) is 6.41. The van der Waals surface area contributed by atoms with Crippen molar-refractivity contribution in [3.63, 3.8) is 0 Å². The number of hydrogen-bond donors (Lipinski definition) is 1. The molecule has 0 radical (unpaired) electrons. The van der Waals surface area contributed by atoms with Gasteiger partial charge in [0.15, 0.2) is 0 Å². The van der Waals surface area contributed by atoms with Crippen LogP contribution in [0.4, 0.5) is 8.78 Å². The minimum atomic E-state index is -1.29. The van der Waals surface area contributed by atoms with Gasteiger partial charge in [-0.05, 0) is 34.1 Å². The fourth-order valence-electron chi connectivity index (χ4n) is 1.96. The topological polar surface area (TPSA) is 38.7 Å². The molecule has 0 aliphatic carbocycles. The molecule has 0 saturated carbocycles. The van der Waals surface area contributed by atoms with Gasteiger partial charge in [0.1, 0.15) is 29.2 Å². The first-order chi connectivity index (χ1) is 9.97. The van der Waals surface area contributed by atoms with Crippen LogP contribution in [0, 0.1) is 11.6 Å². The summed E-state index contributed by atoms with van der Waals surface area (Å²) in [6, 6.07) is 6.61. The molecule has 1 N–H and O–H groups in total. The first-order valence-corrected chi connectivity index (χ1v) is 6.81. The van der Waals surface area contributed by atoms with Gasteiger partial charge in [0.2, 0.25) is 0 Å². The molecule has 6 heteroatoms. The Morgan fingerprint density at radius 1 is 1.00 bits per heavy atom. The van der Waals surface area contributed by atoms with E-state index in [9.17, 15) is 13.9 Å². The Kier molecular flexibility index (Phi) is 4.80. The summed E-state index contributed by atoms with van der Waals surface area (Å²) in [5.41, 5.74) is 0.308. The van der Waals surface area contributed by atoms with Gasteiger partial charge in [0, 0.05) is 23.3 Å². The number of aliphatic hydroxyl groups is 1. The normalized spacial score (nSPS) is 12.1. The van der Waals surface area contributed by atoms with Gasteiger partial charge in [-0.3, -0.25) is 0 Å². The first kappa shape index (κ1) is 15.7. The summed E-state index contributed by atoms with van der Waals surface area (Å²) in [7, 11) is 2.77. The van der Waals surface area contributed by atoms with E-state index in [0.29, 0.717) is 5.75 Å². The predicted molar refractivity (Wildman–Crippen MR) is 77.7 cm³/mol. The van der Waals surface area contributed by atoms with Crippen molar-refractivity contribution in [1.29, 1.82) is 0 Å². The van der Waals surface area contributed by atoms with Gasteiger partial charge in [-0.2, -0.15) is 0 Å². The maximum absolute atomic E-state index is 14.0. The maximum Gasteiger partial charge on any atom is 0.141 e. The van der Waals surface area contributed by atoms with E-state index in [2.05, 4.69) is 15.9 Å². The molecule has 3 nitrogen and oxygen atoms in total. The molecule has 0 aliphatic heterocycles. The molecule has 0 spiro atoms. The van der Waals surface area contributed by atoms with Gasteiger partial charge in [-0.15, -0.1) is 0 Å². The quantitative estimate of drug-likeness (QED) is 0.902. The monoisotopic (exact) mass is 358 g/mol. The van der Waals surface area contributed by atoms with Gasteiger partial charge in [-0.1, -0.05) is 0 Å². The van der Waals surface area contributed by atoms with Crippen molar-refractivity contribution in [3.8, 4) is 11.5 Å². The van der Waals surface area contributed by atoms with Crippen LogP contribution < -0.4 is 9.47 Å². The highest BCUT2D eigenvalue weighted by atomic mass is 79.9. The van der Waals surface area contributed by atoms with Crippen LogP contribution in [0.15, 0.2) is 34.8 Å². The maximum atomic E-state index is 14.0. The van der Waals surface area contributed by atoms with E-state index in [1.54, 1.807) is 0 Å². The third-order valence-electron chi connectivity index (χ3n) is 3.07. The molecule has 21 heavy (non-hydrogen) atoms. The molecule has 2 rings (SSSR count). The van der Waals surface area contributed by atoms with Crippen LogP contribution in [-0.2, 0) is 0 Å². The number of benzene rings is 2. The van der Waals surface area contributed by atoms with E-state index in [4.69, 9.17) is 9.47 Å². The summed E-state index contributed by atoms with van der Waals surface area (Å²) in [6.07, 6.45) is -1.29. The molecule has 2 aromatic rings. The van der Waals surface area contributed by atoms with Crippen molar-refractivity contribution in [1.82, 2.24) is 0 Å². The molecule has 0 fully saturated rings. The van der Waals surface area contributed by atoms with Crippen LogP contribution in [0.5, 0.6) is 11.5 Å². The van der Waals surface area contributed by atoms with Crippen molar-refractivity contribution < 1.29 is 23.4 Å². The lowest BCUT2D eigenvalue weighted by Gasteiger charge is -2.17. The molecular weight excluding hydrogens is 346 g/mol. The summed E-state index contributed by atoms with van der Waals surface area (Å²) >= 11 is 3.04. The molecule has 112 valence electrons. The summed E-state index contributed by atoms with van der Waals surface area (Å²) in [5, 5.41) is 10.4. The average molecular weight is 359 g/mol. The minimum absolute atomic E-state index is 0.0487. The standard InChI is InChI=1S/C15H13BrF2O3/c1-20-8-3-4-9(12(17)5-8)15(19)10-6-11(16)13(18)7-14(10)21-2/h3-7,15,19H,1-2H3. The zero-order valence-electron chi connectivity index (χ0n) is 11.4. The first-order valence-electron chi connectivity index (χ1n) is 6.02. The van der Waals surface area contributed by atoms with Gasteiger partial charge >= 0.3 is 0 Å². The molecule has 1 unspecified atom stereocenters. The number of aliphatic hydroxyl groups excluding tert-OH is 1. The Labute approximate surface area is 129 Å². The summed E-state index contributed by atoms with van der Waals surface area (Å²) in [6.45, 7) is 0. The summed E-state index contributed by atoms with van der Waals surface area (Å²) < 4.78 is 37.6. The number of rotatable bonds is 4. The second-order valence-electron chi connectivity index (χ2n) is 4.30. The number of methoxy groups -OCH3 is 2. The lowest BCUT2D eigenvalue weighted by Crippen LogP contribution is -2.06. The predicted octanol–water partition coefficient (Wildman–Crippen LogP) is 3.83. The van der Waals surface area contributed by atoms with Crippen molar-refractivity contribution in [2.75, 3.05) is 14.2 Å². The molecule has 2 aromatic carbocycles. The van der Waals surface area contributed by atoms with E-state index < -0.39 is 17.7 Å². The van der Waals surface area contributed by atoms with Crippen LogP contribution in [0.25, 0.3) is 0 Å². The van der Waals surface area contributed by atoms with Crippen LogP contribution >= 0.6 is 15.9 Å². The highest BCUT2D eigenvalue weighted by molar-refractivity contribution is 9.10. The number of ether oxygens (including phenoxy) is 2. The van der Waals surface area contributed by atoms with E-state index in [0.717, 1.165) is 6.07 Å². The fourth-order valence-corrected chi connectivity index (χ4v) is 2.32. The summed E-state index contributed by atoms with van der Waals surface area (Å²) in [5.74, 6) is -0.670. The SMILES string of the molecule is COc1ccc(C(O)c2cc(Br)c(F)cc2OC)c(F)c1. The van der Waals surface area contributed by atoms with Crippen LogP contribution in [0.3, 0.4) is 0 Å². The smallest absolute Gasteiger partial charge is 0.141 e. The van der Waals surface area contributed by atoms with Crippen LogP contribution in [0.1, 0.15) is 17.2 Å². The highest BCUT2D eigenvalue weighted by Crippen LogP contribution is 2.35. The van der Waals surface area contributed by atoms with Crippen LogP contribution in [-0.4, -0.2) is 19.3 Å². The Bertz CT molecular complexity index is 662. The van der Waals surface area contributed by atoms with Crippen molar-refractivity contribution in [2.24, 2.45) is 0 Å². The van der Waals surface area contributed by atoms with E-state index in [-0.39, 0.29) is 21.3 Å². The highest BCUT2D eigenvalue weighted by Gasteiger charge is 2.21. The van der Waals surface area contributed by atoms with E-state index in [1.165, 1.54) is 38.5 Å². The average Bonchev–Trinajstić information content (AvgIpc) is 2.48. The lowest BCUT2D eigenvalue weighted by molar-refractivity contribution is 0.209. The molecule has 0 aliphatic rings. The van der Waals surface area contributed by atoms with Gasteiger partial charge in [0.25, 0.3) is 0 Å². The molecule has 1 atom stereocenters. The van der Waals surface area contributed by atoms with Crippen molar-refractivity contribution in [2.45, 2.75) is 6.10 Å². The Morgan fingerprint density at radius 3 is 2.29 bits per heavy atom. The number of hydrogen-bond acceptors (Lipinski definition) is 3. The van der Waals surface area contributed by atoms with Gasteiger partial charge in [0.05, 0.1) is 18.7 Å². The lowest BCUT2D eigenvalue weighted by atomic mass is 10.00. The Hall–Kier alpha value is -1.66. The molecule has 0 saturated heterocycles. The Balaban J connectivity index is 2.49. The molecule has 0 amide bonds. The van der Waals surface area contributed by atoms with Gasteiger partial charge in [-0.25, -0.2) is 8.78 Å². The van der Waals surface area contributed by atoms with E-state index in [1.807, 2.05) is 0 Å². The number of halogens is 3. The molecule has 0 heterocycles. The second-order valence-corrected chi connectivity index (χ2v) is 5.15. The molecule has 0 aromatic heterocycles. The third-order valence-corrected chi connectivity index (χ3v) is 3.68. The van der Waals surface area contributed by atoms with Gasteiger partial charge < -0.3 is 14.6 Å². The van der Waals surface area contributed by atoms with Crippen LogP contribution in [0.2, 0.25) is 0 Å². The third kappa shape index (κ3) is 3.16. The Morgan fingerprint density at radius 2 is 1.71 bits per heavy atom. The fraction of sp³-hybridized carbons (Fsp3) is 0.200. The van der Waals surface area contributed by atoms with Crippen molar-refractivity contribution >= 4 is 15.9 Å². The summed E-state index contributed by atoms with van der Waals surface area (Å²) in [4.78, 5) is 0. The zero-order chi connectivity index (χ0) is 15.6. The van der Waals surface area contributed by atoms with Crippen molar-refractivity contribution in [3.05, 3.63) is 57.6 Å². The minimum Gasteiger partial charge on any atom is -0.497 e. The largest absolute Gasteiger partial charge is 0.497 e. The van der Waals surface area contributed by atoms with E-state index >= 15 is 0 Å². The zero-order valence-corrected chi connectivity index (χ0v) is 12.9.